The lowest BCUT2D eigenvalue weighted by Gasteiger charge is -2.08. The monoisotopic (exact) mass is 393 g/mol. The van der Waals surface area contributed by atoms with Gasteiger partial charge in [-0.1, -0.05) is 38.5 Å². The first-order valence-electron chi connectivity index (χ1n) is 8.57. The van der Waals surface area contributed by atoms with Crippen LogP contribution in [0.2, 0.25) is 0 Å². The molecule has 2 aromatic rings. The third-order valence-corrected chi connectivity index (χ3v) is 4.56. The lowest BCUT2D eigenvalue weighted by Crippen LogP contribution is -2.34. The van der Waals surface area contributed by atoms with Crippen molar-refractivity contribution in [2.45, 2.75) is 40.0 Å². The van der Waals surface area contributed by atoms with Gasteiger partial charge in [0.25, 0.3) is 0 Å². The molecular formula is C18H23N3O3S2. The maximum atomic E-state index is 12.0. The Balaban J connectivity index is 2.01. The summed E-state index contributed by atoms with van der Waals surface area (Å²) in [7, 11) is 0. The molecule has 0 fully saturated rings. The predicted molar refractivity (Wildman–Crippen MR) is 109 cm³/mol. The van der Waals surface area contributed by atoms with E-state index in [9.17, 15) is 9.59 Å². The molecule has 0 atom stereocenters. The molecule has 8 heteroatoms. The van der Waals surface area contributed by atoms with Crippen molar-refractivity contribution in [2.75, 3.05) is 11.9 Å². The fraction of sp³-hybridized carbons (Fsp3) is 0.444. The number of rotatable bonds is 7. The van der Waals surface area contributed by atoms with Crippen molar-refractivity contribution in [1.29, 1.82) is 0 Å². The second-order valence-corrected chi connectivity index (χ2v) is 7.73. The van der Waals surface area contributed by atoms with Gasteiger partial charge in [0.15, 0.2) is 10.2 Å². The van der Waals surface area contributed by atoms with E-state index in [1.54, 1.807) is 18.2 Å². The van der Waals surface area contributed by atoms with Gasteiger partial charge in [-0.05, 0) is 42.8 Å². The highest BCUT2D eigenvalue weighted by Gasteiger charge is 2.12. The molecule has 26 heavy (non-hydrogen) atoms. The topological polar surface area (TPSA) is 80.3 Å². The quantitative estimate of drug-likeness (QED) is 0.419. The van der Waals surface area contributed by atoms with Gasteiger partial charge in [0.1, 0.15) is 0 Å². The first-order chi connectivity index (χ1) is 12.4. The number of hydrogen-bond acceptors (Lipinski definition) is 6. The Hall–Kier alpha value is -2.06. The SMILES string of the molecule is CCCCOC(=O)c1ccc2nc(NC(=S)NC(=O)CC(C)C)sc2c1. The average molecular weight is 394 g/mol. The number of carbonyl (C=O) groups is 2. The van der Waals surface area contributed by atoms with Crippen LogP contribution in [0.1, 0.15) is 50.4 Å². The van der Waals surface area contributed by atoms with Gasteiger partial charge in [-0.15, -0.1) is 0 Å². The van der Waals surface area contributed by atoms with Crippen molar-refractivity contribution in [3.63, 3.8) is 0 Å². The van der Waals surface area contributed by atoms with Gasteiger partial charge in [0.2, 0.25) is 5.91 Å². The smallest absolute Gasteiger partial charge is 0.338 e. The molecular weight excluding hydrogens is 370 g/mol. The minimum absolute atomic E-state index is 0.129. The zero-order valence-electron chi connectivity index (χ0n) is 15.1. The first-order valence-corrected chi connectivity index (χ1v) is 9.80. The number of anilines is 1. The highest BCUT2D eigenvalue weighted by Crippen LogP contribution is 2.27. The minimum Gasteiger partial charge on any atom is -0.462 e. The van der Waals surface area contributed by atoms with E-state index in [1.165, 1.54) is 11.3 Å². The molecule has 0 aliphatic carbocycles. The van der Waals surface area contributed by atoms with Crippen LogP contribution < -0.4 is 10.6 Å². The van der Waals surface area contributed by atoms with Crippen LogP contribution in [-0.2, 0) is 9.53 Å². The Labute approximate surface area is 162 Å². The molecule has 2 N–H and O–H groups in total. The predicted octanol–water partition coefficient (Wildman–Crippen LogP) is 4.11. The molecule has 0 saturated carbocycles. The van der Waals surface area contributed by atoms with Gasteiger partial charge in [-0.2, -0.15) is 0 Å². The number of carbonyl (C=O) groups excluding carboxylic acids is 2. The molecule has 0 aliphatic heterocycles. The van der Waals surface area contributed by atoms with Crippen LogP contribution in [0, 0.1) is 5.92 Å². The van der Waals surface area contributed by atoms with Gasteiger partial charge in [0.05, 0.1) is 22.4 Å². The Bertz CT molecular complexity index is 802. The number of ether oxygens (including phenoxy) is 1. The van der Waals surface area contributed by atoms with E-state index in [1.807, 2.05) is 20.8 Å². The van der Waals surface area contributed by atoms with Crippen LogP contribution in [0.3, 0.4) is 0 Å². The second kappa shape index (κ2) is 9.59. The summed E-state index contributed by atoms with van der Waals surface area (Å²) in [6, 6.07) is 5.23. The van der Waals surface area contributed by atoms with E-state index in [4.69, 9.17) is 17.0 Å². The number of hydrogen-bond donors (Lipinski definition) is 2. The maximum Gasteiger partial charge on any atom is 0.338 e. The molecule has 6 nitrogen and oxygen atoms in total. The summed E-state index contributed by atoms with van der Waals surface area (Å²) in [5.41, 5.74) is 1.25. The molecule has 0 spiro atoms. The number of esters is 1. The number of thiazole rings is 1. The molecule has 2 rings (SSSR count). The van der Waals surface area contributed by atoms with Crippen molar-refractivity contribution in [1.82, 2.24) is 10.3 Å². The number of nitrogens with one attached hydrogen (secondary N) is 2. The van der Waals surface area contributed by atoms with Gasteiger partial charge in [0, 0.05) is 6.42 Å². The van der Waals surface area contributed by atoms with Crippen LogP contribution in [0.4, 0.5) is 5.13 Å². The molecule has 0 radical (unpaired) electrons. The normalized spacial score (nSPS) is 10.8. The highest BCUT2D eigenvalue weighted by molar-refractivity contribution is 7.80. The number of fused-ring (bicyclic) bond motifs is 1. The van der Waals surface area contributed by atoms with E-state index in [0.717, 1.165) is 23.1 Å². The molecule has 0 saturated heterocycles. The summed E-state index contributed by atoms with van der Waals surface area (Å²) in [6.07, 6.45) is 2.23. The van der Waals surface area contributed by atoms with Crippen molar-refractivity contribution in [3.8, 4) is 0 Å². The Kier molecular flexibility index (Phi) is 7.47. The summed E-state index contributed by atoms with van der Waals surface area (Å²) < 4.78 is 6.07. The maximum absolute atomic E-state index is 12.0. The number of benzene rings is 1. The summed E-state index contributed by atoms with van der Waals surface area (Å²) in [5.74, 6) is -0.203. The van der Waals surface area contributed by atoms with E-state index in [0.29, 0.717) is 23.7 Å². The highest BCUT2D eigenvalue weighted by atomic mass is 32.1. The van der Waals surface area contributed by atoms with E-state index < -0.39 is 0 Å². The molecule has 0 unspecified atom stereocenters. The summed E-state index contributed by atoms with van der Waals surface area (Å²) in [6.45, 7) is 6.40. The first kappa shape index (κ1) is 20.3. The van der Waals surface area contributed by atoms with Crippen LogP contribution in [0.25, 0.3) is 10.2 Å². The van der Waals surface area contributed by atoms with Crippen molar-refractivity contribution in [3.05, 3.63) is 23.8 Å². The van der Waals surface area contributed by atoms with Gasteiger partial charge < -0.3 is 15.4 Å². The van der Waals surface area contributed by atoms with Crippen LogP contribution in [0.15, 0.2) is 18.2 Å². The number of amides is 1. The molecule has 1 aromatic carbocycles. The van der Waals surface area contributed by atoms with Gasteiger partial charge >= 0.3 is 5.97 Å². The summed E-state index contributed by atoms with van der Waals surface area (Å²) in [4.78, 5) is 28.2. The molecule has 0 bridgehead atoms. The lowest BCUT2D eigenvalue weighted by molar-refractivity contribution is -0.120. The lowest BCUT2D eigenvalue weighted by atomic mass is 10.1. The summed E-state index contributed by atoms with van der Waals surface area (Å²) >= 11 is 6.50. The Morgan fingerprint density at radius 3 is 2.81 bits per heavy atom. The largest absolute Gasteiger partial charge is 0.462 e. The molecule has 1 heterocycles. The zero-order valence-corrected chi connectivity index (χ0v) is 16.8. The number of unbranched alkanes of at least 4 members (excludes halogenated alkanes) is 1. The van der Waals surface area contributed by atoms with Crippen molar-refractivity contribution >= 4 is 55.9 Å². The molecule has 140 valence electrons. The minimum atomic E-state index is -0.334. The van der Waals surface area contributed by atoms with E-state index in [-0.39, 0.29) is 22.9 Å². The second-order valence-electron chi connectivity index (χ2n) is 6.29. The van der Waals surface area contributed by atoms with Crippen molar-refractivity contribution < 1.29 is 14.3 Å². The zero-order chi connectivity index (χ0) is 19.1. The Morgan fingerprint density at radius 1 is 1.35 bits per heavy atom. The third-order valence-electron chi connectivity index (χ3n) is 3.42. The standard InChI is InChI=1S/C18H23N3O3S2/c1-4-5-8-24-16(23)12-6-7-13-14(10-12)26-18(19-13)21-17(25)20-15(22)9-11(2)3/h6-7,10-11H,4-5,8-9H2,1-3H3,(H2,19,20,21,22,25). The molecule has 1 amide bonds. The fourth-order valence-electron chi connectivity index (χ4n) is 2.17. The van der Waals surface area contributed by atoms with Gasteiger partial charge in [-0.25, -0.2) is 9.78 Å². The van der Waals surface area contributed by atoms with E-state index in [2.05, 4.69) is 15.6 Å². The Morgan fingerprint density at radius 2 is 2.12 bits per heavy atom. The number of aromatic nitrogens is 1. The van der Waals surface area contributed by atoms with E-state index >= 15 is 0 Å². The van der Waals surface area contributed by atoms with Crippen molar-refractivity contribution in [2.24, 2.45) is 5.92 Å². The molecule has 1 aromatic heterocycles. The van der Waals surface area contributed by atoms with Gasteiger partial charge in [-0.3, -0.25) is 4.79 Å². The molecule has 0 aliphatic rings. The average Bonchev–Trinajstić information content (AvgIpc) is 2.94. The number of nitrogens with zero attached hydrogens (tertiary/aromatic N) is 1. The summed E-state index contributed by atoms with van der Waals surface area (Å²) in [5, 5.41) is 6.33. The third kappa shape index (κ3) is 6.03. The fourth-order valence-corrected chi connectivity index (χ4v) is 3.36. The van der Waals surface area contributed by atoms with Crippen LogP contribution in [-0.4, -0.2) is 28.6 Å². The van der Waals surface area contributed by atoms with Crippen LogP contribution >= 0.6 is 23.6 Å². The van der Waals surface area contributed by atoms with Crippen LogP contribution in [0.5, 0.6) is 0 Å². The number of thiocarbonyl (C=S) groups is 1.